The molecule has 0 unspecified atom stereocenters. The molecule has 0 aliphatic rings. The fourth-order valence-electron chi connectivity index (χ4n) is 1.45. The van der Waals surface area contributed by atoms with Gasteiger partial charge in [0, 0.05) is 13.0 Å². The Morgan fingerprint density at radius 2 is 2.07 bits per heavy atom. The van der Waals surface area contributed by atoms with Gasteiger partial charge in [-0.15, -0.1) is 0 Å². The van der Waals surface area contributed by atoms with Crippen molar-refractivity contribution < 1.29 is 5.11 Å². The second-order valence-electron chi connectivity index (χ2n) is 4.15. The zero-order chi connectivity index (χ0) is 10.9. The number of hydrogen-bond acceptors (Lipinski definition) is 2. The second kappa shape index (κ2) is 4.03. The molecule has 4 heteroatoms. The van der Waals surface area contributed by atoms with E-state index in [1.807, 2.05) is 32.4 Å². The van der Waals surface area contributed by atoms with Crippen molar-refractivity contribution in [3.8, 4) is 0 Å². The van der Waals surface area contributed by atoms with Crippen molar-refractivity contribution in [2.45, 2.75) is 46.3 Å². The van der Waals surface area contributed by atoms with Gasteiger partial charge in [-0.25, -0.2) is 0 Å². The van der Waals surface area contributed by atoms with Crippen molar-refractivity contribution in [1.29, 1.82) is 0 Å². The normalized spacial score (nSPS) is 12.1. The average molecular weight is 261 g/mol. The molecule has 0 atom stereocenters. The first kappa shape index (κ1) is 11.7. The molecule has 0 aliphatic carbocycles. The molecule has 14 heavy (non-hydrogen) atoms. The summed E-state index contributed by atoms with van der Waals surface area (Å²) in [5.41, 5.74) is 1.35. The molecule has 1 aromatic heterocycles. The number of nitrogens with zero attached hydrogens (tertiary/aromatic N) is 2. The van der Waals surface area contributed by atoms with Gasteiger partial charge in [-0.3, -0.25) is 4.68 Å². The van der Waals surface area contributed by atoms with Crippen LogP contribution in [0.1, 0.15) is 32.2 Å². The van der Waals surface area contributed by atoms with Crippen LogP contribution in [-0.4, -0.2) is 20.5 Å². The molecule has 1 rings (SSSR count). The first-order valence-electron chi connectivity index (χ1n) is 4.79. The molecule has 0 spiro atoms. The van der Waals surface area contributed by atoms with Crippen LogP contribution in [0.2, 0.25) is 0 Å². The smallest absolute Gasteiger partial charge is 0.0738 e. The molecule has 1 heterocycles. The van der Waals surface area contributed by atoms with Crippen LogP contribution in [0.5, 0.6) is 0 Å². The fourth-order valence-corrected chi connectivity index (χ4v) is 1.87. The highest BCUT2D eigenvalue weighted by atomic mass is 79.9. The third kappa shape index (κ3) is 2.58. The van der Waals surface area contributed by atoms with E-state index < -0.39 is 5.60 Å². The van der Waals surface area contributed by atoms with Gasteiger partial charge in [-0.05, 0) is 43.6 Å². The Kier molecular flexibility index (Phi) is 3.37. The lowest BCUT2D eigenvalue weighted by Crippen LogP contribution is -2.24. The van der Waals surface area contributed by atoms with Crippen LogP contribution in [-0.2, 0) is 13.0 Å². The van der Waals surface area contributed by atoms with Crippen molar-refractivity contribution in [3.63, 3.8) is 0 Å². The zero-order valence-electron chi connectivity index (χ0n) is 9.13. The van der Waals surface area contributed by atoms with Gasteiger partial charge < -0.3 is 5.11 Å². The Balaban J connectivity index is 3.06. The first-order valence-corrected chi connectivity index (χ1v) is 5.58. The van der Waals surface area contributed by atoms with E-state index in [1.165, 1.54) is 0 Å². The second-order valence-corrected chi connectivity index (χ2v) is 4.94. The Labute approximate surface area is 93.3 Å². The third-order valence-electron chi connectivity index (χ3n) is 2.05. The topological polar surface area (TPSA) is 38.0 Å². The summed E-state index contributed by atoms with van der Waals surface area (Å²) in [4.78, 5) is 0. The Morgan fingerprint density at radius 3 is 2.50 bits per heavy atom. The van der Waals surface area contributed by atoms with Crippen LogP contribution in [0.3, 0.4) is 0 Å². The van der Waals surface area contributed by atoms with Gasteiger partial charge >= 0.3 is 0 Å². The predicted octanol–water partition coefficient (Wildman–Crippen LogP) is 2.29. The van der Waals surface area contributed by atoms with Crippen LogP contribution >= 0.6 is 15.9 Å². The van der Waals surface area contributed by atoms with Crippen molar-refractivity contribution in [2.75, 3.05) is 0 Å². The summed E-state index contributed by atoms with van der Waals surface area (Å²) < 4.78 is 2.94. The molecule has 0 aromatic carbocycles. The summed E-state index contributed by atoms with van der Waals surface area (Å²) in [6.45, 7) is 8.46. The Morgan fingerprint density at radius 1 is 1.50 bits per heavy atom. The number of hydrogen-bond donors (Lipinski definition) is 1. The first-order chi connectivity index (χ1) is 6.35. The largest absolute Gasteiger partial charge is 0.390 e. The minimum Gasteiger partial charge on any atom is -0.390 e. The molecule has 0 bridgehead atoms. The molecule has 0 saturated carbocycles. The van der Waals surface area contributed by atoms with E-state index in [0.717, 1.165) is 22.4 Å². The van der Waals surface area contributed by atoms with Crippen LogP contribution in [0.15, 0.2) is 4.47 Å². The van der Waals surface area contributed by atoms with Crippen molar-refractivity contribution in [3.05, 3.63) is 15.9 Å². The number of aromatic nitrogens is 2. The molecule has 0 fully saturated rings. The van der Waals surface area contributed by atoms with E-state index >= 15 is 0 Å². The Bertz CT molecular complexity index is 326. The summed E-state index contributed by atoms with van der Waals surface area (Å²) in [5, 5.41) is 14.1. The standard InChI is InChI=1S/C10H17BrN2O/c1-5-13-8(6-10(3,4)14)9(11)7(2)12-13/h14H,5-6H2,1-4H3. The summed E-state index contributed by atoms with van der Waals surface area (Å²) in [5.74, 6) is 0. The average Bonchev–Trinajstić information content (AvgIpc) is 2.30. The minimum atomic E-state index is -0.693. The maximum Gasteiger partial charge on any atom is 0.0738 e. The van der Waals surface area contributed by atoms with E-state index in [-0.39, 0.29) is 0 Å². The predicted molar refractivity (Wildman–Crippen MR) is 60.3 cm³/mol. The molecule has 1 aromatic rings. The van der Waals surface area contributed by atoms with E-state index in [0.29, 0.717) is 6.42 Å². The molecular formula is C10H17BrN2O. The maximum atomic E-state index is 9.76. The fraction of sp³-hybridized carbons (Fsp3) is 0.700. The number of rotatable bonds is 3. The highest BCUT2D eigenvalue weighted by molar-refractivity contribution is 9.10. The number of aliphatic hydroxyl groups is 1. The van der Waals surface area contributed by atoms with Gasteiger partial charge in [0.2, 0.25) is 0 Å². The van der Waals surface area contributed by atoms with Gasteiger partial charge in [-0.1, -0.05) is 0 Å². The van der Waals surface area contributed by atoms with Gasteiger partial charge in [-0.2, -0.15) is 5.10 Å². The molecule has 80 valence electrons. The monoisotopic (exact) mass is 260 g/mol. The van der Waals surface area contributed by atoms with E-state index in [4.69, 9.17) is 0 Å². The minimum absolute atomic E-state index is 0.613. The van der Waals surface area contributed by atoms with Gasteiger partial charge in [0.05, 0.1) is 21.5 Å². The molecule has 0 radical (unpaired) electrons. The van der Waals surface area contributed by atoms with Crippen LogP contribution in [0.4, 0.5) is 0 Å². The van der Waals surface area contributed by atoms with Gasteiger partial charge in [0.25, 0.3) is 0 Å². The lowest BCUT2D eigenvalue weighted by molar-refractivity contribution is 0.0785. The zero-order valence-corrected chi connectivity index (χ0v) is 10.7. The van der Waals surface area contributed by atoms with Crippen molar-refractivity contribution in [1.82, 2.24) is 9.78 Å². The van der Waals surface area contributed by atoms with Crippen molar-refractivity contribution >= 4 is 15.9 Å². The highest BCUT2D eigenvalue weighted by Gasteiger charge is 2.20. The lowest BCUT2D eigenvalue weighted by Gasteiger charge is -2.17. The SMILES string of the molecule is CCn1nc(C)c(Br)c1CC(C)(C)O. The summed E-state index contributed by atoms with van der Waals surface area (Å²) in [6.07, 6.45) is 0.613. The lowest BCUT2D eigenvalue weighted by atomic mass is 10.0. The molecule has 0 amide bonds. The molecule has 0 saturated heterocycles. The highest BCUT2D eigenvalue weighted by Crippen LogP contribution is 2.24. The van der Waals surface area contributed by atoms with E-state index in [2.05, 4.69) is 21.0 Å². The van der Waals surface area contributed by atoms with Crippen molar-refractivity contribution in [2.24, 2.45) is 0 Å². The van der Waals surface area contributed by atoms with E-state index in [1.54, 1.807) is 0 Å². The molecule has 3 nitrogen and oxygen atoms in total. The van der Waals surface area contributed by atoms with Crippen LogP contribution in [0, 0.1) is 6.92 Å². The van der Waals surface area contributed by atoms with Gasteiger partial charge in [0.1, 0.15) is 0 Å². The quantitative estimate of drug-likeness (QED) is 0.906. The molecule has 0 aliphatic heterocycles. The summed E-state index contributed by atoms with van der Waals surface area (Å²) in [6, 6.07) is 0. The maximum absolute atomic E-state index is 9.76. The summed E-state index contributed by atoms with van der Waals surface area (Å²) >= 11 is 3.50. The van der Waals surface area contributed by atoms with Crippen LogP contribution < -0.4 is 0 Å². The van der Waals surface area contributed by atoms with Crippen LogP contribution in [0.25, 0.3) is 0 Å². The molecular weight excluding hydrogens is 244 g/mol. The number of aryl methyl sites for hydroxylation is 2. The Hall–Kier alpha value is -0.350. The third-order valence-corrected chi connectivity index (χ3v) is 3.08. The van der Waals surface area contributed by atoms with E-state index in [9.17, 15) is 5.11 Å². The molecule has 1 N–H and O–H groups in total. The number of halogens is 1. The van der Waals surface area contributed by atoms with Gasteiger partial charge in [0.15, 0.2) is 0 Å². The summed E-state index contributed by atoms with van der Waals surface area (Å²) in [7, 11) is 0.